The van der Waals surface area contributed by atoms with Crippen molar-refractivity contribution in [1.29, 1.82) is 0 Å². The van der Waals surface area contributed by atoms with E-state index in [-0.39, 0.29) is 11.3 Å². The number of aliphatic carboxylic acids is 1. The number of carbonyl (C=O) groups excluding carboxylic acids is 1. The van der Waals surface area contributed by atoms with E-state index in [2.05, 4.69) is 26.1 Å². The SMILES string of the molecule is Cc1cc(C(=O)NCC(C)(C)C)ccc1/C=C/C(=O)O. The van der Waals surface area contributed by atoms with Gasteiger partial charge in [0, 0.05) is 18.2 Å². The van der Waals surface area contributed by atoms with Gasteiger partial charge in [-0.15, -0.1) is 0 Å². The fourth-order valence-electron chi connectivity index (χ4n) is 1.61. The number of rotatable bonds is 4. The number of benzene rings is 1. The summed E-state index contributed by atoms with van der Waals surface area (Å²) in [5.41, 5.74) is 2.28. The summed E-state index contributed by atoms with van der Waals surface area (Å²) in [4.78, 5) is 22.5. The lowest BCUT2D eigenvalue weighted by Crippen LogP contribution is -2.32. The molecule has 0 saturated heterocycles. The molecule has 0 heterocycles. The molecular formula is C16H21NO3. The third kappa shape index (κ3) is 5.26. The molecule has 4 nitrogen and oxygen atoms in total. The molecular weight excluding hydrogens is 254 g/mol. The molecule has 20 heavy (non-hydrogen) atoms. The number of amides is 1. The third-order valence-electron chi connectivity index (χ3n) is 2.72. The standard InChI is InChI=1S/C16H21NO3/c1-11-9-13(15(20)17-10-16(2,3)4)6-5-12(11)7-8-14(18)19/h5-9H,10H2,1-4H3,(H,17,20)(H,18,19)/b8-7+. The summed E-state index contributed by atoms with van der Waals surface area (Å²) in [6, 6.07) is 5.22. The predicted octanol–water partition coefficient (Wildman–Crippen LogP) is 2.87. The first kappa shape index (κ1) is 16.0. The molecule has 4 heteroatoms. The molecule has 0 aliphatic rings. The van der Waals surface area contributed by atoms with Gasteiger partial charge in [0.1, 0.15) is 0 Å². The first-order valence-electron chi connectivity index (χ1n) is 6.49. The maximum atomic E-state index is 12.0. The van der Waals surface area contributed by atoms with Crippen molar-refractivity contribution in [2.24, 2.45) is 5.41 Å². The Balaban J connectivity index is 2.81. The normalized spacial score (nSPS) is 11.6. The summed E-state index contributed by atoms with van der Waals surface area (Å²) < 4.78 is 0. The molecule has 0 aliphatic heterocycles. The number of carbonyl (C=O) groups is 2. The Morgan fingerprint density at radius 3 is 2.45 bits per heavy atom. The van der Waals surface area contributed by atoms with Gasteiger partial charge in [0.25, 0.3) is 5.91 Å². The monoisotopic (exact) mass is 275 g/mol. The minimum Gasteiger partial charge on any atom is -0.478 e. The Morgan fingerprint density at radius 1 is 1.30 bits per heavy atom. The molecule has 2 N–H and O–H groups in total. The van der Waals surface area contributed by atoms with Crippen LogP contribution in [0, 0.1) is 12.3 Å². The Morgan fingerprint density at radius 2 is 1.95 bits per heavy atom. The second-order valence-corrected chi connectivity index (χ2v) is 5.99. The molecule has 0 saturated carbocycles. The lowest BCUT2D eigenvalue weighted by Gasteiger charge is -2.18. The molecule has 0 bridgehead atoms. The van der Waals surface area contributed by atoms with Crippen LogP contribution in [0.4, 0.5) is 0 Å². The highest BCUT2D eigenvalue weighted by Gasteiger charge is 2.13. The maximum Gasteiger partial charge on any atom is 0.328 e. The molecule has 0 spiro atoms. The van der Waals surface area contributed by atoms with Crippen molar-refractivity contribution in [3.8, 4) is 0 Å². The zero-order valence-electron chi connectivity index (χ0n) is 12.4. The van der Waals surface area contributed by atoms with Gasteiger partial charge in [-0.05, 0) is 41.7 Å². The molecule has 0 aliphatic carbocycles. The smallest absolute Gasteiger partial charge is 0.328 e. The number of hydrogen-bond acceptors (Lipinski definition) is 2. The van der Waals surface area contributed by atoms with Gasteiger partial charge in [0.15, 0.2) is 0 Å². The summed E-state index contributed by atoms with van der Waals surface area (Å²) in [6.45, 7) is 8.61. The molecule has 1 amide bonds. The van der Waals surface area contributed by atoms with E-state index in [4.69, 9.17) is 5.11 Å². The molecule has 1 aromatic carbocycles. The van der Waals surface area contributed by atoms with E-state index in [1.807, 2.05) is 6.92 Å². The molecule has 0 radical (unpaired) electrons. The highest BCUT2D eigenvalue weighted by molar-refractivity contribution is 5.95. The maximum absolute atomic E-state index is 12.0. The topological polar surface area (TPSA) is 66.4 Å². The highest BCUT2D eigenvalue weighted by Crippen LogP contribution is 2.14. The Labute approximate surface area is 119 Å². The van der Waals surface area contributed by atoms with Gasteiger partial charge >= 0.3 is 5.97 Å². The second-order valence-electron chi connectivity index (χ2n) is 5.99. The van der Waals surface area contributed by atoms with Crippen molar-refractivity contribution in [2.45, 2.75) is 27.7 Å². The quantitative estimate of drug-likeness (QED) is 0.830. The van der Waals surface area contributed by atoms with Crippen LogP contribution >= 0.6 is 0 Å². The summed E-state index contributed by atoms with van der Waals surface area (Å²) in [7, 11) is 0. The van der Waals surface area contributed by atoms with Crippen LogP contribution in [-0.4, -0.2) is 23.5 Å². The summed E-state index contributed by atoms with van der Waals surface area (Å²) in [5, 5.41) is 11.5. The number of carboxylic acids is 1. The van der Waals surface area contributed by atoms with Gasteiger partial charge in [0.05, 0.1) is 0 Å². The van der Waals surface area contributed by atoms with Crippen LogP contribution in [0.2, 0.25) is 0 Å². The molecule has 1 rings (SSSR count). The summed E-state index contributed by atoms with van der Waals surface area (Å²) in [6.07, 6.45) is 2.61. The van der Waals surface area contributed by atoms with E-state index in [9.17, 15) is 9.59 Å². The lowest BCUT2D eigenvalue weighted by molar-refractivity contribution is -0.131. The fourth-order valence-corrected chi connectivity index (χ4v) is 1.61. The molecule has 0 fully saturated rings. The van der Waals surface area contributed by atoms with Crippen molar-refractivity contribution in [3.05, 3.63) is 41.0 Å². The van der Waals surface area contributed by atoms with Gasteiger partial charge in [0.2, 0.25) is 0 Å². The van der Waals surface area contributed by atoms with Gasteiger partial charge in [-0.2, -0.15) is 0 Å². The zero-order valence-corrected chi connectivity index (χ0v) is 12.4. The van der Waals surface area contributed by atoms with Gasteiger partial charge < -0.3 is 10.4 Å². The van der Waals surface area contributed by atoms with E-state index in [1.165, 1.54) is 6.08 Å². The van der Waals surface area contributed by atoms with Crippen LogP contribution in [0.5, 0.6) is 0 Å². The van der Waals surface area contributed by atoms with Gasteiger partial charge in [-0.3, -0.25) is 4.79 Å². The first-order chi connectivity index (χ1) is 9.19. The average Bonchev–Trinajstić information content (AvgIpc) is 2.33. The minimum atomic E-state index is -0.989. The molecule has 0 atom stereocenters. The zero-order chi connectivity index (χ0) is 15.3. The number of hydrogen-bond donors (Lipinski definition) is 2. The molecule has 1 aromatic rings. The Hall–Kier alpha value is -2.10. The van der Waals surface area contributed by atoms with Crippen LogP contribution in [0.15, 0.2) is 24.3 Å². The van der Waals surface area contributed by atoms with Crippen LogP contribution in [0.1, 0.15) is 42.3 Å². The lowest BCUT2D eigenvalue weighted by atomic mass is 9.96. The number of aryl methyl sites for hydroxylation is 1. The van der Waals surface area contributed by atoms with Crippen LogP contribution in [-0.2, 0) is 4.79 Å². The van der Waals surface area contributed by atoms with E-state index in [0.717, 1.165) is 17.2 Å². The average molecular weight is 275 g/mol. The Bertz CT molecular complexity index is 539. The first-order valence-corrected chi connectivity index (χ1v) is 6.49. The van der Waals surface area contributed by atoms with Gasteiger partial charge in [-0.1, -0.05) is 26.8 Å². The van der Waals surface area contributed by atoms with Gasteiger partial charge in [-0.25, -0.2) is 4.79 Å². The van der Waals surface area contributed by atoms with E-state index in [0.29, 0.717) is 12.1 Å². The van der Waals surface area contributed by atoms with Crippen molar-refractivity contribution in [2.75, 3.05) is 6.54 Å². The van der Waals surface area contributed by atoms with Crippen molar-refractivity contribution < 1.29 is 14.7 Å². The van der Waals surface area contributed by atoms with E-state index >= 15 is 0 Å². The van der Waals surface area contributed by atoms with E-state index < -0.39 is 5.97 Å². The van der Waals surface area contributed by atoms with Crippen molar-refractivity contribution >= 4 is 18.0 Å². The van der Waals surface area contributed by atoms with Crippen molar-refractivity contribution in [1.82, 2.24) is 5.32 Å². The Kier molecular flexibility index (Phi) is 5.08. The largest absolute Gasteiger partial charge is 0.478 e. The second kappa shape index (κ2) is 6.37. The molecule has 108 valence electrons. The summed E-state index contributed by atoms with van der Waals surface area (Å²) in [5.74, 6) is -1.10. The molecule has 0 unspecified atom stereocenters. The fraction of sp³-hybridized carbons (Fsp3) is 0.375. The highest BCUT2D eigenvalue weighted by atomic mass is 16.4. The summed E-state index contributed by atoms with van der Waals surface area (Å²) >= 11 is 0. The van der Waals surface area contributed by atoms with E-state index in [1.54, 1.807) is 18.2 Å². The minimum absolute atomic E-state index is 0.0366. The number of carboxylic acid groups (broad SMARTS) is 1. The number of nitrogens with one attached hydrogen (secondary N) is 1. The third-order valence-corrected chi connectivity index (χ3v) is 2.72. The van der Waals surface area contributed by atoms with Crippen molar-refractivity contribution in [3.63, 3.8) is 0 Å². The van der Waals surface area contributed by atoms with Crippen LogP contribution in [0.3, 0.4) is 0 Å². The molecule has 0 aromatic heterocycles. The van der Waals surface area contributed by atoms with Crippen LogP contribution in [0.25, 0.3) is 6.08 Å². The van der Waals surface area contributed by atoms with Crippen LogP contribution < -0.4 is 5.32 Å². The predicted molar refractivity (Wildman–Crippen MR) is 79.6 cm³/mol.